The maximum atomic E-state index is 2.37. The van der Waals surface area contributed by atoms with Crippen molar-refractivity contribution in [3.05, 3.63) is 194 Å². The molecule has 224 valence electrons. The van der Waals surface area contributed by atoms with E-state index in [0.717, 1.165) is 0 Å². The molecule has 9 aromatic carbocycles. The second-order valence-electron chi connectivity index (χ2n) is 12.5. The summed E-state index contributed by atoms with van der Waals surface area (Å²) in [5.74, 6) is 0. The molecule has 0 heterocycles. The molecule has 0 bridgehead atoms. The van der Waals surface area contributed by atoms with E-state index < -0.39 is 0 Å². The average Bonchev–Trinajstić information content (AvgIpc) is 3.17. The quantitative estimate of drug-likeness (QED) is 0.171. The Kier molecular flexibility index (Phi) is 6.91. The van der Waals surface area contributed by atoms with Crippen molar-refractivity contribution in [3.8, 4) is 55.6 Å². The smallest absolute Gasteiger partial charge is 0.00262 e. The van der Waals surface area contributed by atoms with Gasteiger partial charge in [0.05, 0.1) is 0 Å². The first-order chi connectivity index (χ1) is 23.8. The predicted molar refractivity (Wildman–Crippen MR) is 206 cm³/mol. The summed E-state index contributed by atoms with van der Waals surface area (Å²) in [6.45, 7) is 0. The van der Waals surface area contributed by atoms with Crippen molar-refractivity contribution in [1.29, 1.82) is 0 Å². The highest BCUT2D eigenvalue weighted by molar-refractivity contribution is 6.21. The van der Waals surface area contributed by atoms with Crippen molar-refractivity contribution in [1.82, 2.24) is 0 Å². The van der Waals surface area contributed by atoms with Crippen LogP contribution in [0.5, 0.6) is 0 Å². The predicted octanol–water partition coefficient (Wildman–Crippen LogP) is 13.5. The van der Waals surface area contributed by atoms with E-state index in [0.29, 0.717) is 0 Å². The van der Waals surface area contributed by atoms with Crippen molar-refractivity contribution in [3.63, 3.8) is 0 Å². The fraction of sp³-hybridized carbons (Fsp3) is 0. The molecule has 0 amide bonds. The first-order valence-corrected chi connectivity index (χ1v) is 16.6. The van der Waals surface area contributed by atoms with Crippen molar-refractivity contribution in [2.75, 3.05) is 0 Å². The summed E-state index contributed by atoms with van der Waals surface area (Å²) in [4.78, 5) is 0. The molecule has 0 aliphatic rings. The molecule has 0 atom stereocenters. The molecule has 0 aliphatic heterocycles. The van der Waals surface area contributed by atoms with Gasteiger partial charge < -0.3 is 0 Å². The molecule has 0 unspecified atom stereocenters. The van der Waals surface area contributed by atoms with Gasteiger partial charge in [-0.05, 0) is 94.0 Å². The lowest BCUT2D eigenvalue weighted by Crippen LogP contribution is -1.91. The molecule has 0 radical (unpaired) electrons. The zero-order valence-electron chi connectivity index (χ0n) is 26.5. The molecular weight excluding hydrogens is 577 g/mol. The van der Waals surface area contributed by atoms with Gasteiger partial charge in [0.1, 0.15) is 0 Å². The minimum absolute atomic E-state index is 1.22. The summed E-state index contributed by atoms with van der Waals surface area (Å²) in [5.41, 5.74) is 12.4. The minimum Gasteiger partial charge on any atom is -0.0622 e. The molecule has 0 spiro atoms. The topological polar surface area (TPSA) is 0 Å². The van der Waals surface area contributed by atoms with E-state index in [-0.39, 0.29) is 0 Å². The Labute approximate surface area is 281 Å². The Hall–Kier alpha value is -6.24. The molecule has 0 saturated heterocycles. The van der Waals surface area contributed by atoms with Crippen molar-refractivity contribution < 1.29 is 0 Å². The molecule has 0 aliphatic carbocycles. The zero-order valence-corrected chi connectivity index (χ0v) is 26.5. The van der Waals surface area contributed by atoms with Crippen LogP contribution in [0.2, 0.25) is 0 Å². The van der Waals surface area contributed by atoms with Gasteiger partial charge in [-0.2, -0.15) is 0 Å². The van der Waals surface area contributed by atoms with Gasteiger partial charge in [-0.3, -0.25) is 0 Å². The summed E-state index contributed by atoms with van der Waals surface area (Å²) < 4.78 is 0. The second kappa shape index (κ2) is 11.8. The van der Waals surface area contributed by atoms with E-state index in [2.05, 4.69) is 194 Å². The fourth-order valence-corrected chi connectivity index (χ4v) is 7.38. The van der Waals surface area contributed by atoms with Crippen LogP contribution in [0.25, 0.3) is 88.0 Å². The second-order valence-corrected chi connectivity index (χ2v) is 12.5. The Bertz CT molecular complexity index is 2510. The molecule has 0 N–H and O–H groups in total. The van der Waals surface area contributed by atoms with Gasteiger partial charge in [-0.15, -0.1) is 0 Å². The van der Waals surface area contributed by atoms with Crippen molar-refractivity contribution >= 4 is 32.3 Å². The number of rotatable bonds is 5. The number of benzene rings is 9. The summed E-state index contributed by atoms with van der Waals surface area (Å²) in [6, 6.07) is 70.7. The minimum atomic E-state index is 1.22. The average molecular weight is 609 g/mol. The highest BCUT2D eigenvalue weighted by Gasteiger charge is 2.17. The van der Waals surface area contributed by atoms with Gasteiger partial charge in [0, 0.05) is 0 Å². The summed E-state index contributed by atoms with van der Waals surface area (Å²) in [6.07, 6.45) is 0. The lowest BCUT2D eigenvalue weighted by atomic mass is 9.85. The molecule has 9 aromatic rings. The number of hydrogen-bond donors (Lipinski definition) is 0. The van der Waals surface area contributed by atoms with Crippen LogP contribution in [-0.4, -0.2) is 0 Å². The molecule has 48 heavy (non-hydrogen) atoms. The number of hydrogen-bond acceptors (Lipinski definition) is 0. The van der Waals surface area contributed by atoms with Crippen LogP contribution < -0.4 is 0 Å². The van der Waals surface area contributed by atoms with Crippen molar-refractivity contribution in [2.24, 2.45) is 0 Å². The Balaban J connectivity index is 1.17. The first kappa shape index (κ1) is 28.0. The van der Waals surface area contributed by atoms with E-state index in [4.69, 9.17) is 0 Å². The summed E-state index contributed by atoms with van der Waals surface area (Å²) in [7, 11) is 0. The van der Waals surface area contributed by atoms with Gasteiger partial charge in [0.25, 0.3) is 0 Å². The first-order valence-electron chi connectivity index (χ1n) is 16.6. The third kappa shape index (κ3) is 4.87. The van der Waals surface area contributed by atoms with Crippen LogP contribution in [0, 0.1) is 0 Å². The molecular formula is C48H32. The van der Waals surface area contributed by atoms with E-state index >= 15 is 0 Å². The van der Waals surface area contributed by atoms with Crippen LogP contribution in [0.4, 0.5) is 0 Å². The number of fused-ring (bicyclic) bond motifs is 3. The Morgan fingerprint density at radius 1 is 0.208 bits per heavy atom. The maximum absolute atomic E-state index is 2.37. The van der Waals surface area contributed by atoms with Crippen molar-refractivity contribution in [2.45, 2.75) is 0 Å². The molecule has 0 heteroatoms. The van der Waals surface area contributed by atoms with Crippen LogP contribution in [-0.2, 0) is 0 Å². The van der Waals surface area contributed by atoms with Gasteiger partial charge in [0.15, 0.2) is 0 Å². The summed E-state index contributed by atoms with van der Waals surface area (Å²) in [5, 5.41) is 7.60. The normalized spacial score (nSPS) is 11.3. The van der Waals surface area contributed by atoms with Crippen LogP contribution in [0.3, 0.4) is 0 Å². The van der Waals surface area contributed by atoms with Crippen LogP contribution in [0.15, 0.2) is 194 Å². The van der Waals surface area contributed by atoms with E-state index in [1.54, 1.807) is 0 Å². The van der Waals surface area contributed by atoms with Crippen LogP contribution in [0.1, 0.15) is 0 Å². The maximum Gasteiger partial charge on any atom is -0.00262 e. The SMILES string of the molecule is c1ccc(-c2ccc(-c3ccc(-c4c5ccccc5c(-c5cccc(-c6cccc7ccccc67)c5)c5ccccc45)cc3)cc2)cc1. The Morgan fingerprint density at radius 3 is 1.17 bits per heavy atom. The lowest BCUT2D eigenvalue weighted by Gasteiger charge is -2.18. The summed E-state index contributed by atoms with van der Waals surface area (Å²) >= 11 is 0. The standard InChI is InChI=1S/C48H32/c1-2-12-33(13-3-1)34-24-26-35(27-25-34)36-28-30-38(31-29-36)47-43-19-6-8-21-45(43)48(46-22-9-7-20-44(46)47)40-17-10-16-39(32-40)42-23-11-15-37-14-4-5-18-41(37)42/h1-32H. The largest absolute Gasteiger partial charge is 0.0622 e. The third-order valence-corrected chi connectivity index (χ3v) is 9.68. The van der Waals surface area contributed by atoms with E-state index in [1.165, 1.54) is 88.0 Å². The highest BCUT2D eigenvalue weighted by atomic mass is 14.2. The Morgan fingerprint density at radius 2 is 0.583 bits per heavy atom. The zero-order chi connectivity index (χ0) is 31.9. The third-order valence-electron chi connectivity index (χ3n) is 9.68. The van der Waals surface area contributed by atoms with E-state index in [1.807, 2.05) is 0 Å². The molecule has 0 saturated carbocycles. The van der Waals surface area contributed by atoms with Gasteiger partial charge in [-0.25, -0.2) is 0 Å². The molecule has 0 nitrogen and oxygen atoms in total. The molecule has 9 rings (SSSR count). The van der Waals surface area contributed by atoms with Crippen LogP contribution >= 0.6 is 0 Å². The van der Waals surface area contributed by atoms with Gasteiger partial charge in [-0.1, -0.05) is 188 Å². The molecule has 0 fully saturated rings. The highest BCUT2D eigenvalue weighted by Crippen LogP contribution is 2.44. The molecule has 0 aromatic heterocycles. The van der Waals surface area contributed by atoms with Gasteiger partial charge >= 0.3 is 0 Å². The monoisotopic (exact) mass is 608 g/mol. The van der Waals surface area contributed by atoms with E-state index in [9.17, 15) is 0 Å². The lowest BCUT2D eigenvalue weighted by molar-refractivity contribution is 1.59. The van der Waals surface area contributed by atoms with Gasteiger partial charge in [0.2, 0.25) is 0 Å². The fourth-order valence-electron chi connectivity index (χ4n) is 7.38.